The lowest BCUT2D eigenvalue weighted by molar-refractivity contribution is -0.119. The van der Waals surface area contributed by atoms with E-state index < -0.39 is 0 Å². The zero-order chi connectivity index (χ0) is 27.8. The molecule has 3 aliphatic rings. The van der Waals surface area contributed by atoms with Gasteiger partial charge in [0, 0.05) is 58.9 Å². The fourth-order valence-corrected chi connectivity index (χ4v) is 5.78. The highest BCUT2D eigenvalue weighted by atomic mass is 16.3. The second-order valence-corrected chi connectivity index (χ2v) is 10.5. The number of nitrogens with zero attached hydrogens (tertiary/aromatic N) is 4. The number of pyridine rings is 3. The van der Waals surface area contributed by atoms with Crippen LogP contribution in [0, 0.1) is 5.92 Å². The van der Waals surface area contributed by atoms with E-state index in [1.807, 2.05) is 30.5 Å². The van der Waals surface area contributed by atoms with E-state index >= 15 is 0 Å². The summed E-state index contributed by atoms with van der Waals surface area (Å²) in [7, 11) is 0. The van der Waals surface area contributed by atoms with Crippen LogP contribution in [0.1, 0.15) is 42.5 Å². The van der Waals surface area contributed by atoms with E-state index in [1.165, 1.54) is 0 Å². The Labute approximate surface area is 237 Å². The van der Waals surface area contributed by atoms with Crippen molar-refractivity contribution >= 4 is 28.6 Å². The maximum absolute atomic E-state index is 12.7. The van der Waals surface area contributed by atoms with E-state index in [0.29, 0.717) is 18.9 Å². The third kappa shape index (κ3) is 4.85. The monoisotopic (exact) mass is 543 g/mol. The second kappa shape index (κ2) is 10.6. The van der Waals surface area contributed by atoms with Gasteiger partial charge in [-0.15, -0.1) is 0 Å². The highest BCUT2D eigenvalue weighted by Crippen LogP contribution is 2.38. The van der Waals surface area contributed by atoms with Crippen LogP contribution in [-0.2, 0) is 11.3 Å². The number of carbonyl (C=O) groups is 1. The van der Waals surface area contributed by atoms with Crippen LogP contribution in [0.2, 0.25) is 0 Å². The molecular weight excluding hydrogens is 514 g/mol. The Kier molecular flexibility index (Phi) is 6.48. The van der Waals surface area contributed by atoms with Crippen LogP contribution in [-0.4, -0.2) is 33.2 Å². The molecule has 4 aromatic heterocycles. The largest absolute Gasteiger partial charge is 0.472 e. The molecule has 0 aromatic carbocycles. The Balaban J connectivity index is 1.21. The molecule has 0 saturated heterocycles. The number of furan rings is 1. The fourth-order valence-electron chi connectivity index (χ4n) is 5.78. The molecule has 0 bridgehead atoms. The number of carbonyl (C=O) groups excluding carboxylic acids is 1. The maximum atomic E-state index is 12.7. The molecule has 1 fully saturated rings. The molecule has 2 aliphatic heterocycles. The molecule has 6 heterocycles. The van der Waals surface area contributed by atoms with Gasteiger partial charge in [0.15, 0.2) is 0 Å². The van der Waals surface area contributed by atoms with Crippen LogP contribution < -0.4 is 16.0 Å². The van der Waals surface area contributed by atoms with Crippen LogP contribution in [0.4, 0.5) is 11.4 Å². The first-order chi connectivity index (χ1) is 20.1. The molecule has 9 nitrogen and oxygen atoms in total. The van der Waals surface area contributed by atoms with Gasteiger partial charge in [0.1, 0.15) is 0 Å². The van der Waals surface area contributed by atoms with Crippen molar-refractivity contribution in [3.05, 3.63) is 96.8 Å². The second-order valence-electron chi connectivity index (χ2n) is 10.5. The van der Waals surface area contributed by atoms with E-state index in [2.05, 4.69) is 38.6 Å². The van der Waals surface area contributed by atoms with Gasteiger partial charge >= 0.3 is 0 Å². The zero-order valence-corrected chi connectivity index (χ0v) is 22.5. The highest BCUT2D eigenvalue weighted by Gasteiger charge is 2.26. The average molecular weight is 544 g/mol. The van der Waals surface area contributed by atoms with E-state index in [-0.39, 0.29) is 11.8 Å². The van der Waals surface area contributed by atoms with Crippen LogP contribution in [0.3, 0.4) is 0 Å². The number of aromatic nitrogens is 3. The Bertz CT molecular complexity index is 1720. The predicted octanol–water partition coefficient (Wildman–Crippen LogP) is 5.80. The van der Waals surface area contributed by atoms with E-state index in [0.717, 1.165) is 87.6 Å². The number of allylic oxidation sites excluding steroid dienone is 3. The lowest BCUT2D eigenvalue weighted by Crippen LogP contribution is -2.20. The number of amides is 1. The van der Waals surface area contributed by atoms with E-state index in [4.69, 9.17) is 14.4 Å². The smallest absolute Gasteiger partial charge is 0.227 e. The van der Waals surface area contributed by atoms with Crippen LogP contribution in [0.25, 0.3) is 28.0 Å². The third-order valence-corrected chi connectivity index (χ3v) is 7.84. The van der Waals surface area contributed by atoms with Crippen LogP contribution in [0.15, 0.2) is 89.3 Å². The quantitative estimate of drug-likeness (QED) is 0.291. The summed E-state index contributed by atoms with van der Waals surface area (Å²) < 4.78 is 5.30. The maximum Gasteiger partial charge on any atom is 0.227 e. The summed E-state index contributed by atoms with van der Waals surface area (Å²) >= 11 is 0. The van der Waals surface area contributed by atoms with Crippen LogP contribution >= 0.6 is 0 Å². The Morgan fingerprint density at radius 2 is 1.93 bits per heavy atom. The van der Waals surface area contributed by atoms with Crippen molar-refractivity contribution in [3.63, 3.8) is 0 Å². The van der Waals surface area contributed by atoms with Crippen molar-refractivity contribution in [2.24, 2.45) is 10.9 Å². The molecule has 0 atom stereocenters. The molecule has 204 valence electrons. The lowest BCUT2D eigenvalue weighted by atomic mass is 9.93. The molecule has 41 heavy (non-hydrogen) atoms. The Morgan fingerprint density at radius 3 is 2.78 bits per heavy atom. The third-order valence-electron chi connectivity index (χ3n) is 7.84. The van der Waals surface area contributed by atoms with Crippen LogP contribution in [0.5, 0.6) is 0 Å². The molecule has 1 amide bonds. The van der Waals surface area contributed by atoms with Crippen molar-refractivity contribution in [2.45, 2.75) is 32.2 Å². The number of aliphatic imine (C=N–C) groups is 1. The van der Waals surface area contributed by atoms with Gasteiger partial charge in [-0.1, -0.05) is 19.4 Å². The molecule has 7 rings (SSSR count). The van der Waals surface area contributed by atoms with Gasteiger partial charge in [0.2, 0.25) is 5.91 Å². The highest BCUT2D eigenvalue weighted by molar-refractivity contribution is 6.18. The molecule has 0 radical (unpaired) electrons. The van der Waals surface area contributed by atoms with Crippen molar-refractivity contribution in [2.75, 3.05) is 17.3 Å². The molecule has 1 aliphatic carbocycles. The predicted molar refractivity (Wildman–Crippen MR) is 159 cm³/mol. The minimum absolute atomic E-state index is 0.0731. The minimum atomic E-state index is 0.0731. The first kappa shape index (κ1) is 25.1. The Hall–Kier alpha value is -4.89. The molecule has 3 N–H and O–H groups in total. The number of fused-ring (bicyclic) bond motifs is 2. The van der Waals surface area contributed by atoms with Gasteiger partial charge in [0.25, 0.3) is 0 Å². The summed E-state index contributed by atoms with van der Waals surface area (Å²) in [4.78, 5) is 31.4. The van der Waals surface area contributed by atoms with Gasteiger partial charge in [-0.05, 0) is 48.8 Å². The van der Waals surface area contributed by atoms with Gasteiger partial charge in [-0.3, -0.25) is 30.1 Å². The average Bonchev–Trinajstić information content (AvgIpc) is 3.69. The molecule has 4 aromatic rings. The van der Waals surface area contributed by atoms with Crippen molar-refractivity contribution in [1.29, 1.82) is 0 Å². The zero-order valence-electron chi connectivity index (χ0n) is 22.5. The fraction of sp³-hybridized carbons (Fsp3) is 0.219. The number of nitrogens with one attached hydrogen (secondary N) is 3. The first-order valence-corrected chi connectivity index (χ1v) is 13.8. The Morgan fingerprint density at radius 1 is 1.05 bits per heavy atom. The summed E-state index contributed by atoms with van der Waals surface area (Å²) in [5.74, 6) is 0.158. The lowest BCUT2D eigenvalue weighted by Gasteiger charge is -2.24. The van der Waals surface area contributed by atoms with Crippen molar-refractivity contribution in [3.8, 4) is 22.4 Å². The summed E-state index contributed by atoms with van der Waals surface area (Å²) in [5, 5.41) is 9.97. The van der Waals surface area contributed by atoms with Gasteiger partial charge in [-0.2, -0.15) is 0 Å². The van der Waals surface area contributed by atoms with Gasteiger partial charge < -0.3 is 15.1 Å². The molecule has 1 saturated carbocycles. The van der Waals surface area contributed by atoms with Gasteiger partial charge in [0.05, 0.1) is 59.6 Å². The van der Waals surface area contributed by atoms with E-state index in [9.17, 15) is 4.79 Å². The SMILES string of the molecule is C=C1C=C(C2=NCNCc3ncc(-c4cncc(NC(=O)C5CCCC5)c4)cc32)Nc2ccnc(-c3ccoc3)c21. The number of hydrogen-bond acceptors (Lipinski definition) is 8. The molecule has 0 spiro atoms. The first-order valence-electron chi connectivity index (χ1n) is 13.8. The summed E-state index contributed by atoms with van der Waals surface area (Å²) in [5.41, 5.74) is 10.3. The number of anilines is 2. The summed E-state index contributed by atoms with van der Waals surface area (Å²) in [6.07, 6.45) is 16.6. The molecule has 0 unspecified atom stereocenters. The normalized spacial score (nSPS) is 16.6. The summed E-state index contributed by atoms with van der Waals surface area (Å²) in [6, 6.07) is 7.89. The number of rotatable bonds is 5. The number of hydrogen-bond donors (Lipinski definition) is 3. The molecular formula is C32H29N7O2. The molecule has 9 heteroatoms. The van der Waals surface area contributed by atoms with E-state index in [1.54, 1.807) is 31.1 Å². The minimum Gasteiger partial charge on any atom is -0.472 e. The van der Waals surface area contributed by atoms with Crippen molar-refractivity contribution < 1.29 is 9.21 Å². The van der Waals surface area contributed by atoms with Crippen molar-refractivity contribution in [1.82, 2.24) is 20.3 Å². The standard InChI is InChI=1S/C32H29N7O2/c1-19-10-27(39-26-6-8-35-30(29(19)26)21-7-9-41-17-21)31-25-12-23(14-36-28(25)16-34-18-37-31)22-11-24(15-33-13-22)38-32(40)20-4-2-3-5-20/h6-15,17,20,34,39H,1-5,16,18H2,(H,38,40). The van der Waals surface area contributed by atoms with Gasteiger partial charge in [-0.25, -0.2) is 0 Å². The summed E-state index contributed by atoms with van der Waals surface area (Å²) in [6.45, 7) is 5.41. The topological polar surface area (TPSA) is 117 Å².